The van der Waals surface area contributed by atoms with Crippen LogP contribution in [0.15, 0.2) is 42.5 Å². The Bertz CT molecular complexity index is 583. The molecule has 3 rings (SSSR count). The zero-order chi connectivity index (χ0) is 12.5. The second-order valence-electron chi connectivity index (χ2n) is 4.39. The van der Waals surface area contributed by atoms with Crippen LogP contribution in [0.3, 0.4) is 0 Å². The van der Waals surface area contributed by atoms with Crippen LogP contribution in [0.4, 0.5) is 0 Å². The molecule has 0 saturated heterocycles. The number of rotatable bonds is 2. The third-order valence-electron chi connectivity index (χ3n) is 3.10. The van der Waals surface area contributed by atoms with Gasteiger partial charge in [-0.05, 0) is 41.7 Å². The monoisotopic (exact) mass is 240 g/mol. The van der Waals surface area contributed by atoms with Crippen LogP contribution >= 0.6 is 0 Å². The van der Waals surface area contributed by atoms with Gasteiger partial charge in [-0.2, -0.15) is 0 Å². The van der Waals surface area contributed by atoms with Crippen molar-refractivity contribution in [1.82, 2.24) is 0 Å². The van der Waals surface area contributed by atoms with Gasteiger partial charge in [0.25, 0.3) is 0 Å². The molecule has 0 bridgehead atoms. The Morgan fingerprint density at radius 2 is 2.06 bits per heavy atom. The van der Waals surface area contributed by atoms with Crippen molar-refractivity contribution in [2.45, 2.75) is 13.5 Å². The summed E-state index contributed by atoms with van der Waals surface area (Å²) in [6, 6.07) is 13.5. The maximum absolute atomic E-state index is 9.65. The summed E-state index contributed by atoms with van der Waals surface area (Å²) in [5.41, 5.74) is 2.88. The predicted octanol–water partition coefficient (Wildman–Crippen LogP) is 2.01. The van der Waals surface area contributed by atoms with Gasteiger partial charge in [-0.15, -0.1) is 0 Å². The number of fused-ring (bicyclic) bond motifs is 1. The molecule has 0 saturated carbocycles. The van der Waals surface area contributed by atoms with Crippen LogP contribution in [0.1, 0.15) is 11.1 Å². The molecule has 2 aromatic rings. The van der Waals surface area contributed by atoms with E-state index in [0.717, 1.165) is 22.3 Å². The summed E-state index contributed by atoms with van der Waals surface area (Å²) in [4.78, 5) is 0. The van der Waals surface area contributed by atoms with Crippen LogP contribution in [-0.4, -0.2) is 12.1 Å². The summed E-state index contributed by atoms with van der Waals surface area (Å²) in [6.07, 6.45) is 0. The van der Waals surface area contributed by atoms with Gasteiger partial charge in [0, 0.05) is 0 Å². The summed E-state index contributed by atoms with van der Waals surface area (Å²) < 4.78 is 11.0. The first-order valence-corrected chi connectivity index (χ1v) is 5.90. The molecule has 90 valence electrons. The Balaban J connectivity index is 1.90. The number of hydrogen-bond acceptors (Lipinski definition) is 3. The lowest BCUT2D eigenvalue weighted by Gasteiger charge is -2.09. The lowest BCUT2D eigenvalue weighted by molar-refractivity contribution is 0.275. The molecule has 4 heteroatoms. The highest BCUT2D eigenvalue weighted by Crippen LogP contribution is 2.25. The number of ether oxygens (including phenoxy) is 1. The van der Waals surface area contributed by atoms with Crippen molar-refractivity contribution in [3.8, 4) is 11.5 Å². The van der Waals surface area contributed by atoms with Gasteiger partial charge < -0.3 is 14.4 Å². The molecule has 0 radical (unpaired) electrons. The predicted molar refractivity (Wildman–Crippen MR) is 70.1 cm³/mol. The first-order chi connectivity index (χ1) is 8.74. The maximum Gasteiger partial charge on any atom is 0.491 e. The average molecular weight is 240 g/mol. The van der Waals surface area contributed by atoms with Crippen molar-refractivity contribution in [3.05, 3.63) is 53.6 Å². The number of hydrogen-bond donors (Lipinski definition) is 1. The van der Waals surface area contributed by atoms with Gasteiger partial charge in [-0.1, -0.05) is 24.3 Å². The van der Waals surface area contributed by atoms with Gasteiger partial charge in [0.15, 0.2) is 0 Å². The molecule has 0 fully saturated rings. The number of benzene rings is 2. The van der Waals surface area contributed by atoms with E-state index < -0.39 is 7.12 Å². The first-order valence-electron chi connectivity index (χ1n) is 5.90. The minimum absolute atomic E-state index is 0.459. The molecule has 1 heterocycles. The largest absolute Gasteiger partial charge is 0.491 e. The summed E-state index contributed by atoms with van der Waals surface area (Å²) >= 11 is 0. The van der Waals surface area contributed by atoms with E-state index in [1.54, 1.807) is 0 Å². The molecular formula is C14H13BO3. The molecule has 0 amide bonds. The molecular weight excluding hydrogens is 227 g/mol. The molecule has 18 heavy (non-hydrogen) atoms. The van der Waals surface area contributed by atoms with E-state index in [-0.39, 0.29) is 0 Å². The zero-order valence-corrected chi connectivity index (χ0v) is 10.1. The Kier molecular flexibility index (Phi) is 2.82. The Morgan fingerprint density at radius 1 is 1.22 bits per heavy atom. The Hall–Kier alpha value is -1.78. The van der Waals surface area contributed by atoms with E-state index in [9.17, 15) is 5.02 Å². The van der Waals surface area contributed by atoms with E-state index in [1.807, 2.05) is 49.4 Å². The molecule has 0 unspecified atom stereocenters. The fraction of sp³-hybridized carbons (Fsp3) is 0.143. The van der Waals surface area contributed by atoms with Crippen LogP contribution < -0.4 is 10.2 Å². The fourth-order valence-electron chi connectivity index (χ4n) is 2.05. The number of para-hydroxylation sites is 1. The van der Waals surface area contributed by atoms with Gasteiger partial charge in [0.2, 0.25) is 0 Å². The SMILES string of the molecule is Cc1ccccc1Oc1ccc2c(c1)B(O)OC2. The maximum atomic E-state index is 9.65. The van der Waals surface area contributed by atoms with Gasteiger partial charge in [-0.3, -0.25) is 0 Å². The van der Waals surface area contributed by atoms with Crippen molar-refractivity contribution in [2.24, 2.45) is 0 Å². The molecule has 0 atom stereocenters. The molecule has 0 aromatic heterocycles. The van der Waals surface area contributed by atoms with Crippen LogP contribution in [-0.2, 0) is 11.3 Å². The second-order valence-corrected chi connectivity index (χ2v) is 4.39. The van der Waals surface area contributed by atoms with Crippen LogP contribution in [0.25, 0.3) is 0 Å². The molecule has 2 aromatic carbocycles. The molecule has 3 nitrogen and oxygen atoms in total. The van der Waals surface area contributed by atoms with Crippen LogP contribution in [0, 0.1) is 6.92 Å². The number of aryl methyl sites for hydroxylation is 1. The van der Waals surface area contributed by atoms with Crippen LogP contribution in [0.2, 0.25) is 0 Å². The van der Waals surface area contributed by atoms with E-state index in [4.69, 9.17) is 9.39 Å². The molecule has 0 spiro atoms. The smallest absolute Gasteiger partial charge is 0.457 e. The van der Waals surface area contributed by atoms with Gasteiger partial charge in [0.1, 0.15) is 11.5 Å². The topological polar surface area (TPSA) is 38.7 Å². The zero-order valence-electron chi connectivity index (χ0n) is 10.1. The lowest BCUT2D eigenvalue weighted by atomic mass is 9.79. The quantitative estimate of drug-likeness (QED) is 0.816. The summed E-state index contributed by atoms with van der Waals surface area (Å²) in [6.45, 7) is 2.46. The molecule has 1 aliphatic rings. The van der Waals surface area contributed by atoms with E-state index in [0.29, 0.717) is 12.4 Å². The normalized spacial score (nSPS) is 13.6. The van der Waals surface area contributed by atoms with Crippen molar-refractivity contribution >= 4 is 12.6 Å². The van der Waals surface area contributed by atoms with Crippen molar-refractivity contribution < 1.29 is 14.4 Å². The molecule has 0 aliphatic carbocycles. The average Bonchev–Trinajstić information content (AvgIpc) is 2.74. The van der Waals surface area contributed by atoms with E-state index in [1.165, 1.54) is 0 Å². The highest BCUT2D eigenvalue weighted by atomic mass is 16.5. The lowest BCUT2D eigenvalue weighted by Crippen LogP contribution is -2.27. The van der Waals surface area contributed by atoms with Gasteiger partial charge in [-0.25, -0.2) is 0 Å². The van der Waals surface area contributed by atoms with E-state index >= 15 is 0 Å². The summed E-state index contributed by atoms with van der Waals surface area (Å²) in [5.74, 6) is 1.54. The third kappa shape index (κ3) is 2.01. The highest BCUT2D eigenvalue weighted by Gasteiger charge is 2.27. The fourth-order valence-corrected chi connectivity index (χ4v) is 2.05. The summed E-state index contributed by atoms with van der Waals surface area (Å²) in [5, 5.41) is 9.65. The minimum Gasteiger partial charge on any atom is -0.457 e. The first kappa shape index (κ1) is 11.3. The minimum atomic E-state index is -0.833. The Morgan fingerprint density at radius 3 is 2.89 bits per heavy atom. The third-order valence-corrected chi connectivity index (χ3v) is 3.10. The summed E-state index contributed by atoms with van der Waals surface area (Å²) in [7, 11) is -0.833. The second kappa shape index (κ2) is 4.48. The van der Waals surface area contributed by atoms with Gasteiger partial charge >= 0.3 is 7.12 Å². The van der Waals surface area contributed by atoms with Crippen LogP contribution in [0.5, 0.6) is 11.5 Å². The highest BCUT2D eigenvalue weighted by molar-refractivity contribution is 6.61. The van der Waals surface area contributed by atoms with E-state index in [2.05, 4.69) is 0 Å². The Labute approximate surface area is 106 Å². The van der Waals surface area contributed by atoms with Crippen molar-refractivity contribution in [2.75, 3.05) is 0 Å². The standard InChI is InChI=1S/C14H13BO3/c1-10-4-2-3-5-14(10)18-12-7-6-11-9-17-15(16)13(11)8-12/h2-8,16H,9H2,1H3. The van der Waals surface area contributed by atoms with Gasteiger partial charge in [0.05, 0.1) is 6.61 Å². The molecule has 1 aliphatic heterocycles. The van der Waals surface area contributed by atoms with Crippen molar-refractivity contribution in [3.63, 3.8) is 0 Å². The van der Waals surface area contributed by atoms with Crippen molar-refractivity contribution in [1.29, 1.82) is 0 Å². The molecule has 1 N–H and O–H groups in total.